The van der Waals surface area contributed by atoms with Gasteiger partial charge in [-0.15, -0.1) is 0 Å². The van der Waals surface area contributed by atoms with Crippen LogP contribution in [0, 0.1) is 11.2 Å². The second kappa shape index (κ2) is 12.0. The van der Waals surface area contributed by atoms with E-state index in [1.165, 1.54) is 24.4 Å². The number of anilines is 2. The zero-order chi connectivity index (χ0) is 30.8. The number of rotatable bonds is 11. The molecule has 2 N–H and O–H groups in total. The molecule has 0 aliphatic carbocycles. The summed E-state index contributed by atoms with van der Waals surface area (Å²) in [7, 11) is 0. The lowest BCUT2D eigenvalue weighted by atomic mass is 10.1. The van der Waals surface area contributed by atoms with Crippen molar-refractivity contribution in [2.75, 3.05) is 23.6 Å². The number of imide groups is 1. The quantitative estimate of drug-likeness (QED) is 0.0863. The Balaban J connectivity index is 1.45. The molecule has 12 heteroatoms. The molecule has 3 aromatic heterocycles. The molecule has 0 bridgehead atoms. The van der Waals surface area contributed by atoms with Gasteiger partial charge in [0.15, 0.2) is 11.6 Å². The highest BCUT2D eigenvalue weighted by atomic mass is 19.1. The second-order valence-electron chi connectivity index (χ2n) is 10.1. The Morgan fingerprint density at radius 3 is 2.50 bits per heavy atom. The summed E-state index contributed by atoms with van der Waals surface area (Å²) in [6.07, 6.45) is 4.59. The number of nitrogens with one attached hydrogen (secondary N) is 2. The van der Waals surface area contributed by atoms with Crippen LogP contribution in [0.4, 0.5) is 16.0 Å². The van der Waals surface area contributed by atoms with Crippen LogP contribution in [0.1, 0.15) is 58.3 Å². The van der Waals surface area contributed by atoms with Crippen LogP contribution in [0.2, 0.25) is 0 Å². The molecule has 44 heavy (non-hydrogen) atoms. The van der Waals surface area contributed by atoms with Crippen molar-refractivity contribution in [2.24, 2.45) is 0 Å². The van der Waals surface area contributed by atoms with Crippen molar-refractivity contribution in [1.82, 2.24) is 19.7 Å². The second-order valence-corrected chi connectivity index (χ2v) is 10.1. The van der Waals surface area contributed by atoms with E-state index in [4.69, 9.17) is 19.9 Å². The van der Waals surface area contributed by atoms with Crippen molar-refractivity contribution < 1.29 is 23.5 Å². The molecule has 0 spiro atoms. The molecule has 1 aliphatic heterocycles. The Morgan fingerprint density at radius 2 is 1.82 bits per heavy atom. The number of hydrogen-bond donors (Lipinski definition) is 2. The van der Waals surface area contributed by atoms with Gasteiger partial charge >= 0.3 is 0 Å². The first-order valence-electron chi connectivity index (χ1n) is 14.0. The fourth-order valence-corrected chi connectivity index (χ4v) is 5.01. The van der Waals surface area contributed by atoms with Crippen LogP contribution in [0.25, 0.3) is 16.6 Å². The lowest BCUT2D eigenvalue weighted by Gasteiger charge is -2.23. The monoisotopic (exact) mass is 593 g/mol. The highest BCUT2D eigenvalue weighted by molar-refractivity contribution is 6.34. The predicted octanol–water partition coefficient (Wildman–Crippen LogP) is 5.69. The van der Waals surface area contributed by atoms with Gasteiger partial charge < -0.3 is 20.2 Å². The largest absolute Gasteiger partial charge is 0.480 e. The summed E-state index contributed by atoms with van der Waals surface area (Å²) in [6, 6.07) is 15.6. The first kappa shape index (κ1) is 28.6. The van der Waals surface area contributed by atoms with Gasteiger partial charge in [-0.25, -0.2) is 23.9 Å². The number of pyridine rings is 2. The van der Waals surface area contributed by atoms with Crippen LogP contribution < -0.4 is 15.0 Å². The fraction of sp³-hybridized carbons (Fsp3) is 0.188. The third kappa shape index (κ3) is 5.26. The maximum absolute atomic E-state index is 14.2. The number of nitrogens with zero attached hydrogens (tertiary/aromatic N) is 5. The number of carbonyl (C=O) groups is 2. The molecule has 0 unspecified atom stereocenters. The van der Waals surface area contributed by atoms with Crippen molar-refractivity contribution in [3.8, 4) is 11.4 Å². The number of ether oxygens (including phenoxy) is 2. The van der Waals surface area contributed by atoms with Crippen molar-refractivity contribution in [1.29, 1.82) is 5.41 Å². The van der Waals surface area contributed by atoms with Gasteiger partial charge in [-0.3, -0.25) is 9.59 Å². The highest BCUT2D eigenvalue weighted by Crippen LogP contribution is 2.38. The Bertz CT molecular complexity index is 1860. The minimum Gasteiger partial charge on any atom is -0.480 e. The Hall–Kier alpha value is -5.49. The number of amides is 2. The summed E-state index contributed by atoms with van der Waals surface area (Å²) < 4.78 is 27.9. The summed E-state index contributed by atoms with van der Waals surface area (Å²) in [6.45, 7) is 4.49. The first-order valence-corrected chi connectivity index (χ1v) is 14.0. The fourth-order valence-electron chi connectivity index (χ4n) is 5.01. The lowest BCUT2D eigenvalue weighted by Crippen LogP contribution is -2.31. The molecule has 6 rings (SSSR count). The molecule has 5 aromatic rings. The van der Waals surface area contributed by atoms with Crippen LogP contribution in [0.3, 0.4) is 0 Å². The number of carbonyl (C=O) groups excluding carboxylic acids is 2. The first-order chi connectivity index (χ1) is 21.4. The Morgan fingerprint density at radius 1 is 1.05 bits per heavy atom. The normalized spacial score (nSPS) is 13.3. The van der Waals surface area contributed by atoms with Crippen LogP contribution in [0.5, 0.6) is 5.75 Å². The van der Waals surface area contributed by atoms with Gasteiger partial charge in [-0.2, -0.15) is 5.10 Å². The molecule has 11 nitrogen and oxygen atoms in total. The minimum absolute atomic E-state index is 0.0229. The molecule has 2 aromatic carbocycles. The van der Waals surface area contributed by atoms with E-state index >= 15 is 0 Å². The van der Waals surface area contributed by atoms with Crippen LogP contribution >= 0.6 is 0 Å². The SMILES string of the molecule is CCCOCNc1nc([C@H](C)Oc2cc3cc(F)ccc3nc2N2C(=O)c3ccccc3C2=O)c(-n2cccn2)cc1C=N. The number of halogens is 1. The van der Waals surface area contributed by atoms with Crippen molar-refractivity contribution in [3.05, 3.63) is 101 Å². The standard InChI is InChI=1S/C32H28FN7O4/c1-3-13-43-18-35-29-21(17-34)15-26(39-12-6-11-36-39)28(38-29)19(2)44-27-16-20-14-22(33)9-10-25(20)37-30(27)40-31(41)23-7-4-5-8-24(23)32(40)42/h4-12,14-17,19,34H,3,13,18H2,1-2H3,(H,35,38)/t19-/m0/s1. The summed E-state index contributed by atoms with van der Waals surface area (Å²) in [5, 5.41) is 15.9. The summed E-state index contributed by atoms with van der Waals surface area (Å²) in [5.41, 5.74) is 2.36. The van der Waals surface area contributed by atoms with Crippen LogP contribution in [-0.4, -0.2) is 51.1 Å². The van der Waals surface area contributed by atoms with E-state index in [1.807, 2.05) is 6.92 Å². The van der Waals surface area contributed by atoms with Gasteiger partial charge in [0, 0.05) is 36.2 Å². The number of aromatic nitrogens is 4. The van der Waals surface area contributed by atoms with Crippen LogP contribution in [0.15, 0.2) is 73.1 Å². The van der Waals surface area contributed by atoms with Gasteiger partial charge in [-0.05, 0) is 61.9 Å². The number of fused-ring (bicyclic) bond motifs is 2. The van der Waals surface area contributed by atoms with E-state index in [-0.39, 0.29) is 29.4 Å². The zero-order valence-electron chi connectivity index (χ0n) is 24.0. The molecule has 0 radical (unpaired) electrons. The van der Waals surface area contributed by atoms with Gasteiger partial charge in [0.1, 0.15) is 30.2 Å². The Kier molecular flexibility index (Phi) is 7.82. The maximum atomic E-state index is 14.2. The van der Waals surface area contributed by atoms with Crippen LogP contribution in [-0.2, 0) is 4.74 Å². The van der Waals surface area contributed by atoms with Gasteiger partial charge in [0.05, 0.1) is 22.3 Å². The van der Waals surface area contributed by atoms with E-state index in [0.29, 0.717) is 40.3 Å². The van der Waals surface area contributed by atoms with E-state index in [9.17, 15) is 14.0 Å². The molecule has 1 aliphatic rings. The third-order valence-electron chi connectivity index (χ3n) is 7.07. The number of hydrogen-bond acceptors (Lipinski definition) is 9. The summed E-state index contributed by atoms with van der Waals surface area (Å²) >= 11 is 0. The van der Waals surface area contributed by atoms with Gasteiger partial charge in [0.25, 0.3) is 11.8 Å². The maximum Gasteiger partial charge on any atom is 0.267 e. The molecular formula is C32H28FN7O4. The van der Waals surface area contributed by atoms with Gasteiger partial charge in [-0.1, -0.05) is 19.1 Å². The molecule has 222 valence electrons. The predicted molar refractivity (Wildman–Crippen MR) is 162 cm³/mol. The molecule has 2 amide bonds. The van der Waals surface area contributed by atoms with E-state index in [0.717, 1.165) is 11.3 Å². The number of benzene rings is 2. The molecule has 1 atom stereocenters. The summed E-state index contributed by atoms with van der Waals surface area (Å²) in [4.78, 5) is 37.3. The molecule has 0 fully saturated rings. The minimum atomic E-state index is -0.798. The average Bonchev–Trinajstić information content (AvgIpc) is 3.66. The van der Waals surface area contributed by atoms with E-state index in [2.05, 4.69) is 15.4 Å². The summed E-state index contributed by atoms with van der Waals surface area (Å²) in [5.74, 6) is -1.10. The van der Waals surface area contributed by atoms with Crippen molar-refractivity contribution in [2.45, 2.75) is 26.4 Å². The van der Waals surface area contributed by atoms with Gasteiger partial charge in [0.2, 0.25) is 0 Å². The molecule has 0 saturated heterocycles. The van der Waals surface area contributed by atoms with Crippen molar-refractivity contribution >= 4 is 40.6 Å². The highest BCUT2D eigenvalue weighted by Gasteiger charge is 2.39. The average molecular weight is 594 g/mol. The van der Waals surface area contributed by atoms with E-state index < -0.39 is 23.7 Å². The molecule has 0 saturated carbocycles. The molecule has 4 heterocycles. The molecular weight excluding hydrogens is 565 g/mol. The topological polar surface area (TPSA) is 135 Å². The zero-order valence-corrected chi connectivity index (χ0v) is 24.0. The van der Waals surface area contributed by atoms with Crippen molar-refractivity contribution in [3.63, 3.8) is 0 Å². The van der Waals surface area contributed by atoms with E-state index in [1.54, 1.807) is 66.5 Å². The Labute approximate surface area is 251 Å². The lowest BCUT2D eigenvalue weighted by molar-refractivity contribution is 0.0922. The third-order valence-corrected chi connectivity index (χ3v) is 7.07. The smallest absolute Gasteiger partial charge is 0.267 e.